The first-order valence-corrected chi connectivity index (χ1v) is 6.64. The zero-order valence-electron chi connectivity index (χ0n) is 11.3. The number of nitrogens with zero attached hydrogens (tertiary/aromatic N) is 1. The molecule has 2 rings (SSSR count). The second-order valence-electron chi connectivity index (χ2n) is 5.64. The molecule has 1 aromatic carbocycles. The number of anilines is 1. The fraction of sp³-hybridized carbons (Fsp3) is 0.500. The molecule has 4 nitrogen and oxygen atoms in total. The number of fused-ring (bicyclic) bond motifs is 1. The predicted molar refractivity (Wildman–Crippen MR) is 74.6 cm³/mol. The lowest BCUT2D eigenvalue weighted by Gasteiger charge is -2.33. The summed E-state index contributed by atoms with van der Waals surface area (Å²) in [7, 11) is 0. The van der Waals surface area contributed by atoms with Gasteiger partial charge in [-0.1, -0.05) is 11.6 Å². The maximum Gasteiger partial charge on any atom is 0.414 e. The molecule has 1 aromatic rings. The minimum Gasteiger partial charge on any atom is -0.443 e. The second kappa shape index (κ2) is 5.02. The van der Waals surface area contributed by atoms with E-state index in [1.807, 2.05) is 20.8 Å². The number of halogens is 1. The first-order chi connectivity index (χ1) is 8.78. The summed E-state index contributed by atoms with van der Waals surface area (Å²) in [6.07, 6.45) is -0.512. The molecule has 0 spiro atoms. The Labute approximate surface area is 117 Å². The summed E-state index contributed by atoms with van der Waals surface area (Å²) < 4.78 is 5.37. The van der Waals surface area contributed by atoms with E-state index in [0.29, 0.717) is 29.2 Å². The number of hydrogen-bond donors (Lipinski definition) is 1. The van der Waals surface area contributed by atoms with Gasteiger partial charge in [-0.15, -0.1) is 0 Å². The maximum atomic E-state index is 12.2. The van der Waals surface area contributed by atoms with Crippen molar-refractivity contribution in [3.05, 3.63) is 28.8 Å². The van der Waals surface area contributed by atoms with Crippen LogP contribution >= 0.6 is 11.6 Å². The summed E-state index contributed by atoms with van der Waals surface area (Å²) >= 11 is 5.93. The van der Waals surface area contributed by atoms with Crippen LogP contribution in [0.1, 0.15) is 38.9 Å². The minimum absolute atomic E-state index is 0.400. The van der Waals surface area contributed by atoms with Crippen LogP contribution in [-0.4, -0.2) is 23.3 Å². The van der Waals surface area contributed by atoms with Crippen molar-refractivity contribution in [2.45, 2.75) is 38.9 Å². The molecule has 19 heavy (non-hydrogen) atoms. The van der Waals surface area contributed by atoms with E-state index in [0.717, 1.165) is 0 Å². The predicted octanol–water partition coefficient (Wildman–Crippen LogP) is 3.52. The van der Waals surface area contributed by atoms with Crippen LogP contribution in [0.15, 0.2) is 18.2 Å². The monoisotopic (exact) mass is 283 g/mol. The Kier molecular flexibility index (Phi) is 3.74. The molecule has 1 atom stereocenters. The third kappa shape index (κ3) is 3.19. The summed E-state index contributed by atoms with van der Waals surface area (Å²) in [5.41, 5.74) is 0.793. The molecule has 104 valence electrons. The third-order valence-corrected chi connectivity index (χ3v) is 3.11. The highest BCUT2D eigenvalue weighted by molar-refractivity contribution is 6.30. The number of ether oxygens (including phenoxy) is 1. The Hall–Kier alpha value is -1.26. The summed E-state index contributed by atoms with van der Waals surface area (Å²) in [6, 6.07) is 5.14. The highest BCUT2D eigenvalue weighted by Gasteiger charge is 2.30. The largest absolute Gasteiger partial charge is 0.443 e. The van der Waals surface area contributed by atoms with Gasteiger partial charge in [-0.2, -0.15) is 0 Å². The molecule has 1 N–H and O–H groups in total. The standard InChI is InChI=1S/C14H18ClNO3/c1-14(2,3)19-13(18)16-7-6-12(17)10-8-9(15)4-5-11(10)16/h4-5,8,12,17H,6-7H2,1-3H3/t12-/m0/s1. The summed E-state index contributed by atoms with van der Waals surface area (Å²) in [5, 5.41) is 10.5. The SMILES string of the molecule is CC(C)(C)OC(=O)N1CC[C@H](O)c2cc(Cl)ccc21. The molecule has 0 bridgehead atoms. The minimum atomic E-state index is -0.590. The number of rotatable bonds is 0. The van der Waals surface area contributed by atoms with Crippen LogP contribution in [0.5, 0.6) is 0 Å². The van der Waals surface area contributed by atoms with Gasteiger partial charge in [0.15, 0.2) is 0 Å². The van der Waals surface area contributed by atoms with Gasteiger partial charge >= 0.3 is 6.09 Å². The first-order valence-electron chi connectivity index (χ1n) is 6.26. The van der Waals surface area contributed by atoms with Crippen LogP contribution in [0.2, 0.25) is 5.02 Å². The highest BCUT2D eigenvalue weighted by atomic mass is 35.5. The Bertz CT molecular complexity index is 496. The molecule has 1 aliphatic heterocycles. The molecule has 0 unspecified atom stereocenters. The molecular weight excluding hydrogens is 266 g/mol. The van der Waals surface area contributed by atoms with Crippen molar-refractivity contribution in [3.63, 3.8) is 0 Å². The van der Waals surface area contributed by atoms with Crippen LogP contribution in [0, 0.1) is 0 Å². The van der Waals surface area contributed by atoms with Gasteiger partial charge in [-0.05, 0) is 45.4 Å². The summed E-state index contributed by atoms with van der Waals surface area (Å²) in [4.78, 5) is 13.7. The average Bonchev–Trinajstić information content (AvgIpc) is 2.27. The van der Waals surface area contributed by atoms with E-state index in [1.54, 1.807) is 23.1 Å². The Morgan fingerprint density at radius 1 is 1.47 bits per heavy atom. The Morgan fingerprint density at radius 3 is 2.79 bits per heavy atom. The van der Waals surface area contributed by atoms with Crippen molar-refractivity contribution < 1.29 is 14.6 Å². The maximum absolute atomic E-state index is 12.2. The van der Waals surface area contributed by atoms with E-state index in [1.165, 1.54) is 0 Å². The highest BCUT2D eigenvalue weighted by Crippen LogP contribution is 2.36. The van der Waals surface area contributed by atoms with Crippen LogP contribution < -0.4 is 4.90 Å². The van der Waals surface area contributed by atoms with E-state index in [9.17, 15) is 9.90 Å². The Morgan fingerprint density at radius 2 is 2.16 bits per heavy atom. The fourth-order valence-electron chi connectivity index (χ4n) is 2.07. The van der Waals surface area contributed by atoms with E-state index in [4.69, 9.17) is 16.3 Å². The number of aliphatic hydroxyl groups excluding tert-OH is 1. The average molecular weight is 284 g/mol. The lowest BCUT2D eigenvalue weighted by molar-refractivity contribution is 0.0565. The number of carbonyl (C=O) groups excluding carboxylic acids is 1. The lowest BCUT2D eigenvalue weighted by atomic mass is 9.99. The molecule has 0 radical (unpaired) electrons. The smallest absolute Gasteiger partial charge is 0.414 e. The summed E-state index contributed by atoms with van der Waals surface area (Å²) in [5.74, 6) is 0. The fourth-order valence-corrected chi connectivity index (χ4v) is 2.25. The molecule has 0 aromatic heterocycles. The lowest BCUT2D eigenvalue weighted by Crippen LogP contribution is -2.40. The van der Waals surface area contributed by atoms with Crippen LogP contribution in [0.4, 0.5) is 10.5 Å². The number of aliphatic hydroxyl groups is 1. The van der Waals surface area contributed by atoms with Gasteiger partial charge in [0.1, 0.15) is 5.60 Å². The molecule has 1 heterocycles. The topological polar surface area (TPSA) is 49.8 Å². The molecule has 1 amide bonds. The van der Waals surface area contributed by atoms with Gasteiger partial charge in [-0.25, -0.2) is 4.79 Å². The van der Waals surface area contributed by atoms with E-state index in [2.05, 4.69) is 0 Å². The zero-order valence-corrected chi connectivity index (χ0v) is 12.1. The van der Waals surface area contributed by atoms with Crippen molar-refractivity contribution in [1.29, 1.82) is 0 Å². The van der Waals surface area contributed by atoms with Crippen LogP contribution in [0.3, 0.4) is 0 Å². The van der Waals surface area contributed by atoms with E-state index >= 15 is 0 Å². The third-order valence-electron chi connectivity index (χ3n) is 2.88. The molecular formula is C14H18ClNO3. The molecule has 1 aliphatic rings. The molecule has 0 saturated heterocycles. The molecule has 5 heteroatoms. The van der Waals surface area contributed by atoms with Crippen molar-refractivity contribution in [3.8, 4) is 0 Å². The first kappa shape index (κ1) is 14.2. The molecule has 0 saturated carbocycles. The van der Waals surface area contributed by atoms with Gasteiger partial charge < -0.3 is 9.84 Å². The molecule has 0 fully saturated rings. The van der Waals surface area contributed by atoms with Crippen LogP contribution in [0.25, 0.3) is 0 Å². The van der Waals surface area contributed by atoms with Gasteiger partial charge in [0, 0.05) is 17.1 Å². The second-order valence-corrected chi connectivity index (χ2v) is 6.08. The van der Waals surface area contributed by atoms with Gasteiger partial charge in [0.25, 0.3) is 0 Å². The number of carbonyl (C=O) groups is 1. The quantitative estimate of drug-likeness (QED) is 0.792. The van der Waals surface area contributed by atoms with Crippen molar-refractivity contribution >= 4 is 23.4 Å². The van der Waals surface area contributed by atoms with Crippen LogP contribution in [-0.2, 0) is 4.74 Å². The van der Waals surface area contributed by atoms with Gasteiger partial charge in [-0.3, -0.25) is 4.90 Å². The number of hydrogen-bond acceptors (Lipinski definition) is 3. The van der Waals surface area contributed by atoms with Crippen molar-refractivity contribution in [1.82, 2.24) is 0 Å². The van der Waals surface area contributed by atoms with E-state index in [-0.39, 0.29) is 0 Å². The number of amides is 1. The number of benzene rings is 1. The van der Waals surface area contributed by atoms with E-state index < -0.39 is 17.8 Å². The summed E-state index contributed by atoms with van der Waals surface area (Å²) in [6.45, 7) is 5.91. The molecule has 0 aliphatic carbocycles. The van der Waals surface area contributed by atoms with Gasteiger partial charge in [0.2, 0.25) is 0 Å². The Balaban J connectivity index is 2.31. The zero-order chi connectivity index (χ0) is 14.2. The van der Waals surface area contributed by atoms with Crippen molar-refractivity contribution in [2.75, 3.05) is 11.4 Å². The normalized spacial score (nSPS) is 19.0. The van der Waals surface area contributed by atoms with Crippen molar-refractivity contribution in [2.24, 2.45) is 0 Å². The van der Waals surface area contributed by atoms with Gasteiger partial charge in [0.05, 0.1) is 11.8 Å².